The van der Waals surface area contributed by atoms with Gasteiger partial charge in [-0.15, -0.1) is 0 Å². The maximum Gasteiger partial charge on any atom is 0.308 e. The number of nitro benzene ring substituents is 1. The summed E-state index contributed by atoms with van der Waals surface area (Å²) in [4.78, 5) is 23.4. The molecule has 1 heterocycles. The molecular formula is C13H16N2O4. The van der Waals surface area contributed by atoms with Crippen molar-refractivity contribution in [2.24, 2.45) is 5.92 Å². The van der Waals surface area contributed by atoms with E-state index in [0.717, 1.165) is 5.69 Å². The summed E-state index contributed by atoms with van der Waals surface area (Å²) in [6.07, 6.45) is 0.604. The highest BCUT2D eigenvalue weighted by atomic mass is 16.6. The van der Waals surface area contributed by atoms with E-state index in [1.807, 2.05) is 11.8 Å². The van der Waals surface area contributed by atoms with Gasteiger partial charge in [-0.25, -0.2) is 0 Å². The van der Waals surface area contributed by atoms with E-state index in [-0.39, 0.29) is 17.6 Å². The molecule has 6 heteroatoms. The van der Waals surface area contributed by atoms with Crippen molar-refractivity contribution in [2.75, 3.05) is 11.4 Å². The van der Waals surface area contributed by atoms with Crippen molar-refractivity contribution in [3.63, 3.8) is 0 Å². The molecule has 2 unspecified atom stereocenters. The summed E-state index contributed by atoms with van der Waals surface area (Å²) in [7, 11) is 0. The van der Waals surface area contributed by atoms with Crippen molar-refractivity contribution in [3.05, 3.63) is 33.9 Å². The molecule has 0 radical (unpaired) electrons. The normalized spacial score (nSPS) is 22.5. The van der Waals surface area contributed by atoms with Crippen molar-refractivity contribution in [3.8, 4) is 0 Å². The van der Waals surface area contributed by atoms with Crippen molar-refractivity contribution in [1.82, 2.24) is 0 Å². The molecule has 1 N–H and O–H groups in total. The Morgan fingerprint density at radius 3 is 2.68 bits per heavy atom. The van der Waals surface area contributed by atoms with Crippen LogP contribution in [0.15, 0.2) is 18.2 Å². The quantitative estimate of drug-likeness (QED) is 0.668. The molecule has 0 spiro atoms. The number of carbonyl (C=O) groups is 1. The van der Waals surface area contributed by atoms with E-state index >= 15 is 0 Å². The smallest absolute Gasteiger partial charge is 0.308 e. The Morgan fingerprint density at radius 1 is 1.53 bits per heavy atom. The van der Waals surface area contributed by atoms with Gasteiger partial charge >= 0.3 is 5.97 Å². The van der Waals surface area contributed by atoms with Crippen LogP contribution >= 0.6 is 0 Å². The molecule has 102 valence electrons. The fraction of sp³-hybridized carbons (Fsp3) is 0.462. The van der Waals surface area contributed by atoms with Crippen LogP contribution in [0.3, 0.4) is 0 Å². The molecule has 0 aliphatic carbocycles. The molecule has 1 aromatic rings. The highest BCUT2D eigenvalue weighted by molar-refractivity contribution is 5.73. The zero-order valence-electron chi connectivity index (χ0n) is 10.9. The second-order valence-corrected chi connectivity index (χ2v) is 4.90. The standard InChI is InChI=1S/C13H16N2O4/c1-8-7-10(3-4-12(8)15(18)19)14-6-5-11(9(14)2)13(16)17/h3-4,7,9,11H,5-6H2,1-2H3,(H,16,17). The molecule has 2 rings (SSSR count). The second kappa shape index (κ2) is 4.87. The fourth-order valence-electron chi connectivity index (χ4n) is 2.66. The maximum absolute atomic E-state index is 11.1. The van der Waals surface area contributed by atoms with Gasteiger partial charge in [0.15, 0.2) is 0 Å². The van der Waals surface area contributed by atoms with Gasteiger partial charge < -0.3 is 10.0 Å². The van der Waals surface area contributed by atoms with Gasteiger partial charge in [0, 0.05) is 29.9 Å². The van der Waals surface area contributed by atoms with Crippen LogP contribution in [0.25, 0.3) is 0 Å². The van der Waals surface area contributed by atoms with Gasteiger partial charge in [-0.3, -0.25) is 14.9 Å². The predicted molar refractivity (Wildman–Crippen MR) is 70.4 cm³/mol. The minimum atomic E-state index is -0.784. The largest absolute Gasteiger partial charge is 0.481 e. The molecule has 1 aliphatic heterocycles. The Morgan fingerprint density at radius 2 is 2.21 bits per heavy atom. The zero-order valence-corrected chi connectivity index (χ0v) is 10.9. The Balaban J connectivity index is 2.27. The van der Waals surface area contributed by atoms with Crippen LogP contribution in [0.5, 0.6) is 0 Å². The first-order chi connectivity index (χ1) is 8.91. The number of nitrogens with zero attached hydrogens (tertiary/aromatic N) is 2. The van der Waals surface area contributed by atoms with E-state index in [2.05, 4.69) is 0 Å². The van der Waals surface area contributed by atoms with Gasteiger partial charge in [-0.05, 0) is 32.4 Å². The van der Waals surface area contributed by atoms with Crippen LogP contribution in [0.2, 0.25) is 0 Å². The Kier molecular flexibility index (Phi) is 3.42. The van der Waals surface area contributed by atoms with Gasteiger partial charge in [0.25, 0.3) is 5.69 Å². The highest BCUT2D eigenvalue weighted by Crippen LogP contribution is 2.32. The lowest BCUT2D eigenvalue weighted by atomic mass is 10.0. The lowest BCUT2D eigenvalue weighted by molar-refractivity contribution is -0.385. The van der Waals surface area contributed by atoms with Crippen molar-refractivity contribution < 1.29 is 14.8 Å². The first kappa shape index (κ1) is 13.3. The molecule has 0 saturated carbocycles. The summed E-state index contributed by atoms with van der Waals surface area (Å²) in [5.74, 6) is -1.16. The van der Waals surface area contributed by atoms with E-state index < -0.39 is 10.9 Å². The highest BCUT2D eigenvalue weighted by Gasteiger charge is 2.35. The molecular weight excluding hydrogens is 248 g/mol. The van der Waals surface area contributed by atoms with Gasteiger partial charge in [-0.2, -0.15) is 0 Å². The average Bonchev–Trinajstić information content (AvgIpc) is 2.70. The van der Waals surface area contributed by atoms with Crippen molar-refractivity contribution in [2.45, 2.75) is 26.3 Å². The topological polar surface area (TPSA) is 83.7 Å². The lowest BCUT2D eigenvalue weighted by Gasteiger charge is -2.25. The third kappa shape index (κ3) is 2.38. The number of nitro groups is 1. The first-order valence-electron chi connectivity index (χ1n) is 6.16. The van der Waals surface area contributed by atoms with Crippen LogP contribution in [-0.4, -0.2) is 28.6 Å². The SMILES string of the molecule is Cc1cc(N2CCC(C(=O)O)C2C)ccc1[N+](=O)[O-]. The van der Waals surface area contributed by atoms with Crippen LogP contribution in [-0.2, 0) is 4.79 Å². The van der Waals surface area contributed by atoms with Crippen molar-refractivity contribution >= 4 is 17.3 Å². The molecule has 19 heavy (non-hydrogen) atoms. The number of aliphatic carboxylic acids is 1. The van der Waals surface area contributed by atoms with Gasteiger partial charge in [0.2, 0.25) is 0 Å². The molecule has 0 aromatic heterocycles. The lowest BCUT2D eigenvalue weighted by Crippen LogP contribution is -2.32. The Hall–Kier alpha value is -2.11. The van der Waals surface area contributed by atoms with Crippen LogP contribution in [0.1, 0.15) is 18.9 Å². The van der Waals surface area contributed by atoms with Gasteiger partial charge in [0.1, 0.15) is 0 Å². The molecule has 2 atom stereocenters. The van der Waals surface area contributed by atoms with E-state index in [1.54, 1.807) is 19.1 Å². The average molecular weight is 264 g/mol. The Labute approximate surface area is 110 Å². The molecule has 6 nitrogen and oxygen atoms in total. The summed E-state index contributed by atoms with van der Waals surface area (Å²) in [5, 5.41) is 19.9. The molecule has 1 aliphatic rings. The van der Waals surface area contributed by atoms with E-state index in [4.69, 9.17) is 5.11 Å². The second-order valence-electron chi connectivity index (χ2n) is 4.90. The van der Waals surface area contributed by atoms with Crippen molar-refractivity contribution in [1.29, 1.82) is 0 Å². The number of carboxylic acids is 1. The van der Waals surface area contributed by atoms with E-state index in [0.29, 0.717) is 18.5 Å². The minimum absolute atomic E-state index is 0.0883. The Bertz CT molecular complexity index is 529. The first-order valence-corrected chi connectivity index (χ1v) is 6.16. The van der Waals surface area contributed by atoms with E-state index in [9.17, 15) is 14.9 Å². The number of hydrogen-bond donors (Lipinski definition) is 1. The third-order valence-electron chi connectivity index (χ3n) is 3.78. The summed E-state index contributed by atoms with van der Waals surface area (Å²) >= 11 is 0. The molecule has 0 bridgehead atoms. The summed E-state index contributed by atoms with van der Waals surface area (Å²) in [5.41, 5.74) is 1.53. The number of rotatable bonds is 3. The summed E-state index contributed by atoms with van der Waals surface area (Å²) in [6.45, 7) is 4.23. The number of anilines is 1. The summed E-state index contributed by atoms with van der Waals surface area (Å²) < 4.78 is 0. The molecule has 0 amide bonds. The number of benzene rings is 1. The van der Waals surface area contributed by atoms with Crippen LogP contribution < -0.4 is 4.90 Å². The van der Waals surface area contributed by atoms with E-state index in [1.165, 1.54) is 6.07 Å². The summed E-state index contributed by atoms with van der Waals surface area (Å²) in [6, 6.07) is 4.81. The molecule has 1 fully saturated rings. The van der Waals surface area contributed by atoms with Gasteiger partial charge in [0.05, 0.1) is 10.8 Å². The minimum Gasteiger partial charge on any atom is -0.481 e. The number of hydrogen-bond acceptors (Lipinski definition) is 4. The third-order valence-corrected chi connectivity index (χ3v) is 3.78. The molecule has 1 saturated heterocycles. The fourth-order valence-corrected chi connectivity index (χ4v) is 2.66. The predicted octanol–water partition coefficient (Wildman–Crippen LogP) is 2.20. The monoisotopic (exact) mass is 264 g/mol. The zero-order chi connectivity index (χ0) is 14.2. The maximum atomic E-state index is 11.1. The number of aryl methyl sites for hydroxylation is 1. The molecule has 1 aromatic carbocycles. The van der Waals surface area contributed by atoms with Gasteiger partial charge in [-0.1, -0.05) is 0 Å². The number of carboxylic acid groups (broad SMARTS) is 1. The van der Waals surface area contributed by atoms with Crippen LogP contribution in [0, 0.1) is 23.0 Å². The van der Waals surface area contributed by atoms with Crippen LogP contribution in [0.4, 0.5) is 11.4 Å².